The van der Waals surface area contributed by atoms with Crippen LogP contribution in [-0.2, 0) is 30.7 Å². The molecule has 0 radical (unpaired) electrons. The number of H-pyrrole nitrogens is 1. The molecular formula is C27H31N3O2S2. The monoisotopic (exact) mass is 493 g/mol. The van der Waals surface area contributed by atoms with Crippen LogP contribution in [0, 0.1) is 23.2 Å². The molecule has 34 heavy (non-hydrogen) atoms. The first-order valence-electron chi connectivity index (χ1n) is 12.9. The molecule has 7 heteroatoms. The molecular weight excluding hydrogens is 462 g/mol. The largest absolute Gasteiger partial charge is 0.330 e. The van der Waals surface area contributed by atoms with E-state index in [1.54, 1.807) is 22.7 Å². The van der Waals surface area contributed by atoms with E-state index in [0.717, 1.165) is 66.5 Å². The predicted octanol–water partition coefficient (Wildman–Crippen LogP) is 5.67. The van der Waals surface area contributed by atoms with E-state index in [-0.39, 0.29) is 11.0 Å². The number of rotatable bonds is 5. The predicted molar refractivity (Wildman–Crippen MR) is 136 cm³/mol. The van der Waals surface area contributed by atoms with Gasteiger partial charge in [-0.25, -0.2) is 4.98 Å². The summed E-state index contributed by atoms with van der Waals surface area (Å²) in [6.07, 6.45) is 11.5. The molecule has 178 valence electrons. The number of aromatic nitrogens is 2. The van der Waals surface area contributed by atoms with Gasteiger partial charge in [0.1, 0.15) is 10.7 Å². The Hall–Kier alpha value is -1.99. The first-order chi connectivity index (χ1) is 16.6. The molecule has 0 unspecified atom stereocenters. The summed E-state index contributed by atoms with van der Waals surface area (Å²) >= 11 is 3.38. The number of fused-ring (bicyclic) bond motifs is 3. The van der Waals surface area contributed by atoms with Crippen molar-refractivity contribution >= 4 is 38.8 Å². The summed E-state index contributed by atoms with van der Waals surface area (Å²) in [7, 11) is 0. The minimum Gasteiger partial charge on any atom is -0.330 e. The molecule has 3 heterocycles. The molecule has 0 saturated heterocycles. The van der Waals surface area contributed by atoms with E-state index in [1.807, 2.05) is 4.90 Å². The first kappa shape index (κ1) is 21.3. The molecule has 5 aliphatic rings. The van der Waals surface area contributed by atoms with Crippen LogP contribution in [0.5, 0.6) is 0 Å². The van der Waals surface area contributed by atoms with Gasteiger partial charge in [-0.3, -0.25) is 9.59 Å². The van der Waals surface area contributed by atoms with Crippen LogP contribution in [0.2, 0.25) is 0 Å². The minimum absolute atomic E-state index is 0.0299. The number of aromatic amines is 1. The van der Waals surface area contributed by atoms with Gasteiger partial charge < -0.3 is 9.88 Å². The average Bonchev–Trinajstić information content (AvgIpc) is 3.44. The van der Waals surface area contributed by atoms with Crippen LogP contribution < -0.4 is 5.56 Å². The van der Waals surface area contributed by atoms with Crippen molar-refractivity contribution in [2.24, 2.45) is 23.2 Å². The molecule has 8 rings (SSSR count). The molecule has 3 aromatic heterocycles. The van der Waals surface area contributed by atoms with Gasteiger partial charge in [0.15, 0.2) is 0 Å². The van der Waals surface area contributed by atoms with Gasteiger partial charge in [0.25, 0.3) is 5.56 Å². The van der Waals surface area contributed by atoms with Gasteiger partial charge in [-0.05, 0) is 99.0 Å². The Bertz CT molecular complexity index is 1270. The van der Waals surface area contributed by atoms with Gasteiger partial charge in [-0.15, -0.1) is 22.7 Å². The van der Waals surface area contributed by atoms with Crippen LogP contribution in [0.1, 0.15) is 72.5 Å². The number of hydrogen-bond acceptors (Lipinski definition) is 5. The van der Waals surface area contributed by atoms with Crippen LogP contribution >= 0.6 is 22.7 Å². The fourth-order valence-corrected chi connectivity index (χ4v) is 9.96. The molecule has 5 aliphatic carbocycles. The summed E-state index contributed by atoms with van der Waals surface area (Å²) in [5.74, 6) is 3.11. The van der Waals surface area contributed by atoms with Crippen molar-refractivity contribution in [3.8, 4) is 0 Å². The summed E-state index contributed by atoms with van der Waals surface area (Å²) in [6.45, 7) is 0.979. The highest BCUT2D eigenvalue weighted by molar-refractivity contribution is 7.18. The lowest BCUT2D eigenvalue weighted by Crippen LogP contribution is -2.54. The van der Waals surface area contributed by atoms with Gasteiger partial charge in [-0.1, -0.05) is 6.07 Å². The number of aryl methyl sites for hydroxylation is 2. The third kappa shape index (κ3) is 3.49. The van der Waals surface area contributed by atoms with Crippen molar-refractivity contribution in [3.63, 3.8) is 0 Å². The van der Waals surface area contributed by atoms with Gasteiger partial charge in [0.2, 0.25) is 5.91 Å². The van der Waals surface area contributed by atoms with Crippen molar-refractivity contribution in [2.45, 2.75) is 77.3 Å². The first-order valence-corrected chi connectivity index (χ1v) is 14.6. The number of thiophene rings is 2. The van der Waals surface area contributed by atoms with Crippen molar-refractivity contribution < 1.29 is 4.79 Å². The van der Waals surface area contributed by atoms with E-state index in [2.05, 4.69) is 22.5 Å². The zero-order chi connectivity index (χ0) is 22.9. The van der Waals surface area contributed by atoms with E-state index >= 15 is 0 Å². The Kier molecular flexibility index (Phi) is 5.03. The number of amides is 1. The summed E-state index contributed by atoms with van der Waals surface area (Å²) in [4.78, 5) is 40.7. The second-order valence-electron chi connectivity index (χ2n) is 11.3. The Morgan fingerprint density at radius 1 is 1.09 bits per heavy atom. The van der Waals surface area contributed by atoms with Crippen LogP contribution in [0.4, 0.5) is 0 Å². The Balaban J connectivity index is 1.23. The summed E-state index contributed by atoms with van der Waals surface area (Å²) in [5.41, 5.74) is 0.989. The number of carbonyl (C=O) groups is 1. The molecule has 4 fully saturated rings. The van der Waals surface area contributed by atoms with Gasteiger partial charge >= 0.3 is 0 Å². The van der Waals surface area contributed by atoms with Crippen LogP contribution in [-0.4, -0.2) is 20.8 Å². The van der Waals surface area contributed by atoms with Crippen molar-refractivity contribution in [1.82, 2.24) is 14.9 Å². The lowest BCUT2D eigenvalue weighted by molar-refractivity contribution is -0.159. The van der Waals surface area contributed by atoms with E-state index in [4.69, 9.17) is 4.98 Å². The third-order valence-corrected chi connectivity index (χ3v) is 11.0. The molecule has 0 aromatic carbocycles. The zero-order valence-electron chi connectivity index (χ0n) is 19.5. The van der Waals surface area contributed by atoms with E-state index in [0.29, 0.717) is 24.8 Å². The molecule has 3 aromatic rings. The number of carbonyl (C=O) groups excluding carboxylic acids is 1. The maximum absolute atomic E-state index is 14.2. The molecule has 4 bridgehead atoms. The van der Waals surface area contributed by atoms with Crippen molar-refractivity contribution in [2.75, 3.05) is 0 Å². The number of hydrogen-bond donors (Lipinski definition) is 1. The Labute approximate surface area is 207 Å². The maximum Gasteiger partial charge on any atom is 0.259 e. The second kappa shape index (κ2) is 8.02. The quantitative estimate of drug-likeness (QED) is 0.498. The maximum atomic E-state index is 14.2. The topological polar surface area (TPSA) is 66.1 Å². The van der Waals surface area contributed by atoms with E-state index in [9.17, 15) is 9.59 Å². The Morgan fingerprint density at radius 2 is 1.82 bits per heavy atom. The zero-order valence-corrected chi connectivity index (χ0v) is 21.1. The van der Waals surface area contributed by atoms with Crippen LogP contribution in [0.15, 0.2) is 22.3 Å². The molecule has 1 N–H and O–H groups in total. The molecule has 4 saturated carbocycles. The molecule has 5 nitrogen and oxygen atoms in total. The van der Waals surface area contributed by atoms with E-state index < -0.39 is 0 Å². The highest BCUT2D eigenvalue weighted by atomic mass is 32.1. The molecule has 1 amide bonds. The normalized spacial score (nSPS) is 29.5. The number of nitrogens with zero attached hydrogens (tertiary/aromatic N) is 2. The van der Waals surface area contributed by atoms with Crippen molar-refractivity contribution in [3.05, 3.63) is 49.0 Å². The fraction of sp³-hybridized carbons (Fsp3) is 0.593. The van der Waals surface area contributed by atoms with Crippen LogP contribution in [0.3, 0.4) is 0 Å². The second-order valence-corrected chi connectivity index (χ2v) is 13.5. The lowest BCUT2D eigenvalue weighted by Gasteiger charge is -2.56. The SMILES string of the molecule is O=C(N(Cc1nc2sc3c(c2c(=O)[nH]1)CCCC3)Cc1cccs1)C12CC3CC(CC(C3)C1)C2. The number of nitrogens with one attached hydrogen (secondary N) is 1. The average molecular weight is 494 g/mol. The molecule has 0 atom stereocenters. The lowest BCUT2D eigenvalue weighted by atomic mass is 9.49. The van der Waals surface area contributed by atoms with Gasteiger partial charge in [-0.2, -0.15) is 0 Å². The minimum atomic E-state index is -0.196. The third-order valence-electron chi connectivity index (χ3n) is 8.92. The fourth-order valence-electron chi connectivity index (χ4n) is 7.96. The summed E-state index contributed by atoms with van der Waals surface area (Å²) < 4.78 is 0. The van der Waals surface area contributed by atoms with Gasteiger partial charge in [0.05, 0.1) is 23.9 Å². The highest BCUT2D eigenvalue weighted by Gasteiger charge is 2.55. The van der Waals surface area contributed by atoms with Crippen LogP contribution in [0.25, 0.3) is 10.2 Å². The Morgan fingerprint density at radius 3 is 2.53 bits per heavy atom. The van der Waals surface area contributed by atoms with Gasteiger partial charge in [0, 0.05) is 9.75 Å². The molecule has 0 spiro atoms. The standard InChI is InChI=1S/C27H31N3O2S2/c31-24-23-20-5-1-2-6-21(20)34-25(23)29-22(28-24)15-30(14-19-4-3-7-33-19)26(32)27-11-16-8-17(12-27)10-18(9-16)13-27/h3-4,7,16-18H,1-2,5-6,8-15H2,(H,28,29,31). The smallest absolute Gasteiger partial charge is 0.259 e. The van der Waals surface area contributed by atoms with E-state index in [1.165, 1.54) is 41.0 Å². The molecule has 0 aliphatic heterocycles. The highest BCUT2D eigenvalue weighted by Crippen LogP contribution is 2.60. The van der Waals surface area contributed by atoms with Crippen molar-refractivity contribution in [1.29, 1.82) is 0 Å². The summed E-state index contributed by atoms with van der Waals surface area (Å²) in [6, 6.07) is 4.16. The summed E-state index contributed by atoms with van der Waals surface area (Å²) in [5, 5.41) is 2.87.